The number of hydrogen-bond acceptors (Lipinski definition) is 4. The van der Waals surface area contributed by atoms with E-state index >= 15 is 0 Å². The third kappa shape index (κ3) is 5.10. The van der Waals surface area contributed by atoms with Crippen molar-refractivity contribution in [3.63, 3.8) is 0 Å². The number of nitrogens with zero attached hydrogens (tertiary/aromatic N) is 3. The Morgan fingerprint density at radius 3 is 2.81 bits per heavy atom. The van der Waals surface area contributed by atoms with Crippen LogP contribution in [-0.2, 0) is 16.1 Å². The summed E-state index contributed by atoms with van der Waals surface area (Å²) in [6, 6.07) is 5.80. The van der Waals surface area contributed by atoms with Gasteiger partial charge in [0.15, 0.2) is 0 Å². The fourth-order valence-electron chi connectivity index (χ4n) is 2.41. The maximum absolute atomic E-state index is 12.7. The molecule has 1 fully saturated rings. The fraction of sp³-hybridized carbons (Fsp3) is 0.625. The Morgan fingerprint density at radius 1 is 1.33 bits per heavy atom. The molecule has 1 atom stereocenters. The number of carbonyl (C=O) groups is 1. The minimum Gasteiger partial charge on any atom is -0.368 e. The molecule has 1 aromatic heterocycles. The molecule has 1 aliphatic heterocycles. The number of ether oxygens (including phenoxy) is 1. The van der Waals surface area contributed by atoms with Crippen molar-refractivity contribution >= 4 is 5.91 Å². The van der Waals surface area contributed by atoms with Gasteiger partial charge in [0.25, 0.3) is 5.91 Å². The van der Waals surface area contributed by atoms with Crippen molar-refractivity contribution in [1.82, 2.24) is 14.8 Å². The first kappa shape index (κ1) is 15.9. The maximum Gasteiger partial charge on any atom is 0.252 e. The zero-order chi connectivity index (χ0) is 15.1. The third-order valence-corrected chi connectivity index (χ3v) is 3.66. The topological polar surface area (TPSA) is 45.7 Å². The smallest absolute Gasteiger partial charge is 0.252 e. The molecule has 1 amide bonds. The molecule has 0 aromatic carbocycles. The van der Waals surface area contributed by atoms with Crippen LogP contribution in [0.5, 0.6) is 0 Å². The molecule has 0 radical (unpaired) electrons. The summed E-state index contributed by atoms with van der Waals surface area (Å²) >= 11 is 0. The van der Waals surface area contributed by atoms with Crippen molar-refractivity contribution in [2.75, 3.05) is 33.8 Å². The summed E-state index contributed by atoms with van der Waals surface area (Å²) in [4.78, 5) is 21.0. The van der Waals surface area contributed by atoms with Crippen LogP contribution in [0.3, 0.4) is 0 Å². The second-order valence-corrected chi connectivity index (χ2v) is 5.74. The highest BCUT2D eigenvalue weighted by Crippen LogP contribution is 2.16. The minimum absolute atomic E-state index is 0.0993. The van der Waals surface area contributed by atoms with E-state index in [0.717, 1.165) is 31.5 Å². The molecule has 5 nitrogen and oxygen atoms in total. The fourth-order valence-corrected chi connectivity index (χ4v) is 2.41. The molecular formula is C16H25N3O2. The van der Waals surface area contributed by atoms with Gasteiger partial charge >= 0.3 is 0 Å². The number of rotatable bonds is 6. The van der Waals surface area contributed by atoms with Crippen LogP contribution in [0.2, 0.25) is 0 Å². The van der Waals surface area contributed by atoms with E-state index in [0.29, 0.717) is 19.7 Å². The molecule has 0 bridgehead atoms. The minimum atomic E-state index is -0.273. The van der Waals surface area contributed by atoms with Gasteiger partial charge in [0.05, 0.1) is 12.2 Å². The second kappa shape index (κ2) is 8.10. The summed E-state index contributed by atoms with van der Waals surface area (Å²) in [5, 5.41) is 0. The summed E-state index contributed by atoms with van der Waals surface area (Å²) in [5.41, 5.74) is 0.917. The van der Waals surface area contributed by atoms with E-state index in [4.69, 9.17) is 4.74 Å². The lowest BCUT2D eigenvalue weighted by Crippen LogP contribution is -2.44. The first-order chi connectivity index (χ1) is 10.2. The summed E-state index contributed by atoms with van der Waals surface area (Å²) in [6.07, 6.45) is 4.45. The molecule has 1 aromatic rings. The summed E-state index contributed by atoms with van der Waals surface area (Å²) in [6.45, 7) is 2.78. The van der Waals surface area contributed by atoms with Crippen LogP contribution in [0, 0.1) is 0 Å². The monoisotopic (exact) mass is 291 g/mol. The van der Waals surface area contributed by atoms with Crippen molar-refractivity contribution in [2.24, 2.45) is 0 Å². The molecular weight excluding hydrogens is 266 g/mol. The highest BCUT2D eigenvalue weighted by Gasteiger charge is 2.27. The molecule has 0 saturated carbocycles. The lowest BCUT2D eigenvalue weighted by molar-refractivity contribution is -0.147. The Labute approximate surface area is 126 Å². The predicted octanol–water partition coefficient (Wildman–Crippen LogP) is 1.54. The van der Waals surface area contributed by atoms with Gasteiger partial charge in [-0.3, -0.25) is 9.78 Å². The number of amides is 1. The van der Waals surface area contributed by atoms with Gasteiger partial charge in [-0.05, 0) is 45.5 Å². The van der Waals surface area contributed by atoms with Gasteiger partial charge < -0.3 is 14.5 Å². The van der Waals surface area contributed by atoms with Crippen LogP contribution < -0.4 is 0 Å². The van der Waals surface area contributed by atoms with Gasteiger partial charge in [-0.25, -0.2) is 0 Å². The van der Waals surface area contributed by atoms with Crippen molar-refractivity contribution in [3.05, 3.63) is 30.1 Å². The van der Waals surface area contributed by atoms with Gasteiger partial charge in [0, 0.05) is 25.9 Å². The maximum atomic E-state index is 12.7. The zero-order valence-electron chi connectivity index (χ0n) is 13.0. The van der Waals surface area contributed by atoms with Gasteiger partial charge in [-0.1, -0.05) is 6.07 Å². The van der Waals surface area contributed by atoms with E-state index in [9.17, 15) is 4.79 Å². The van der Waals surface area contributed by atoms with Crippen LogP contribution in [0.25, 0.3) is 0 Å². The molecule has 2 rings (SSSR count). The largest absolute Gasteiger partial charge is 0.368 e. The lowest BCUT2D eigenvalue weighted by Gasteiger charge is -2.30. The SMILES string of the molecule is CN(C)CCN(Cc1ccccn1)C(=O)[C@@H]1CCCCO1. The highest BCUT2D eigenvalue weighted by molar-refractivity contribution is 5.81. The van der Waals surface area contributed by atoms with Crippen LogP contribution in [-0.4, -0.2) is 60.6 Å². The molecule has 0 spiro atoms. The van der Waals surface area contributed by atoms with Crippen LogP contribution in [0.4, 0.5) is 0 Å². The second-order valence-electron chi connectivity index (χ2n) is 5.74. The third-order valence-electron chi connectivity index (χ3n) is 3.66. The van der Waals surface area contributed by atoms with Crippen molar-refractivity contribution in [1.29, 1.82) is 0 Å². The van der Waals surface area contributed by atoms with Crippen molar-refractivity contribution in [3.8, 4) is 0 Å². The zero-order valence-corrected chi connectivity index (χ0v) is 13.0. The average molecular weight is 291 g/mol. The molecule has 1 saturated heterocycles. The van der Waals surface area contributed by atoms with E-state index in [1.54, 1.807) is 6.20 Å². The summed E-state index contributed by atoms with van der Waals surface area (Å²) < 4.78 is 5.64. The van der Waals surface area contributed by atoms with E-state index in [-0.39, 0.29) is 12.0 Å². The quantitative estimate of drug-likeness (QED) is 0.797. The highest BCUT2D eigenvalue weighted by atomic mass is 16.5. The normalized spacial score (nSPS) is 18.7. The standard InChI is InChI=1S/C16H25N3O2/c1-18(2)10-11-19(13-14-7-3-5-9-17-14)16(20)15-8-4-6-12-21-15/h3,5,7,9,15H,4,6,8,10-13H2,1-2H3/t15-/m0/s1. The molecule has 1 aliphatic rings. The van der Waals surface area contributed by atoms with E-state index in [1.165, 1.54) is 0 Å². The first-order valence-corrected chi connectivity index (χ1v) is 7.62. The number of likely N-dealkylation sites (N-methyl/N-ethyl adjacent to an activating group) is 1. The van der Waals surface area contributed by atoms with Crippen LogP contribution in [0.1, 0.15) is 25.0 Å². The van der Waals surface area contributed by atoms with E-state index in [2.05, 4.69) is 9.88 Å². The Morgan fingerprint density at radius 2 is 2.19 bits per heavy atom. The van der Waals surface area contributed by atoms with Gasteiger partial charge in [-0.15, -0.1) is 0 Å². The molecule has 0 aliphatic carbocycles. The molecule has 116 valence electrons. The Bertz CT molecular complexity index is 430. The van der Waals surface area contributed by atoms with Crippen LogP contribution in [0.15, 0.2) is 24.4 Å². The van der Waals surface area contributed by atoms with E-state index in [1.807, 2.05) is 37.2 Å². The van der Waals surface area contributed by atoms with Crippen molar-refractivity contribution < 1.29 is 9.53 Å². The molecule has 21 heavy (non-hydrogen) atoms. The number of pyridine rings is 1. The summed E-state index contributed by atoms with van der Waals surface area (Å²) in [5.74, 6) is 0.0993. The molecule has 5 heteroatoms. The molecule has 2 heterocycles. The lowest BCUT2D eigenvalue weighted by atomic mass is 10.1. The van der Waals surface area contributed by atoms with Crippen LogP contribution >= 0.6 is 0 Å². The van der Waals surface area contributed by atoms with Gasteiger partial charge in [0.2, 0.25) is 0 Å². The van der Waals surface area contributed by atoms with Crippen molar-refractivity contribution in [2.45, 2.75) is 31.9 Å². The number of hydrogen-bond donors (Lipinski definition) is 0. The Hall–Kier alpha value is -1.46. The number of carbonyl (C=O) groups excluding carboxylic acids is 1. The molecule has 0 N–H and O–H groups in total. The average Bonchev–Trinajstić information content (AvgIpc) is 2.52. The Kier molecular flexibility index (Phi) is 6.14. The first-order valence-electron chi connectivity index (χ1n) is 7.62. The molecule has 0 unspecified atom stereocenters. The van der Waals surface area contributed by atoms with Gasteiger partial charge in [0.1, 0.15) is 6.10 Å². The number of aromatic nitrogens is 1. The van der Waals surface area contributed by atoms with E-state index < -0.39 is 0 Å². The summed E-state index contributed by atoms with van der Waals surface area (Å²) in [7, 11) is 4.03. The predicted molar refractivity (Wildman–Crippen MR) is 81.8 cm³/mol. The van der Waals surface area contributed by atoms with Gasteiger partial charge in [-0.2, -0.15) is 0 Å². The Balaban J connectivity index is 2.01.